The van der Waals surface area contributed by atoms with E-state index < -0.39 is 0 Å². The van der Waals surface area contributed by atoms with Crippen LogP contribution in [0.3, 0.4) is 0 Å². The average Bonchev–Trinajstić information content (AvgIpc) is 2.23. The van der Waals surface area contributed by atoms with Gasteiger partial charge in [-0.25, -0.2) is 0 Å². The highest BCUT2D eigenvalue weighted by Crippen LogP contribution is 2.28. The number of amides is 1. The fourth-order valence-corrected chi connectivity index (χ4v) is 1.16. The van der Waals surface area contributed by atoms with Gasteiger partial charge >= 0.3 is 0 Å². The van der Waals surface area contributed by atoms with Gasteiger partial charge in [0, 0.05) is 16.5 Å². The second kappa shape index (κ2) is 5.39. The first-order valence-corrected chi connectivity index (χ1v) is 5.08. The summed E-state index contributed by atoms with van der Waals surface area (Å²) in [7, 11) is 0. The molecular weight excluding hydrogens is 228 g/mol. The first-order valence-electron chi connectivity index (χ1n) is 4.70. The van der Waals surface area contributed by atoms with Crippen LogP contribution in [0.15, 0.2) is 23.3 Å². The smallest absolute Gasteiger partial charge is 0.226 e. The fraction of sp³-hybridized carbons (Fsp3) is 0.300. The van der Waals surface area contributed by atoms with E-state index in [1.165, 1.54) is 6.07 Å². The lowest BCUT2D eigenvalue weighted by molar-refractivity contribution is -0.118. The molecule has 0 aliphatic rings. The van der Waals surface area contributed by atoms with Crippen LogP contribution >= 0.6 is 11.6 Å². The highest BCUT2D eigenvalue weighted by molar-refractivity contribution is 6.33. The molecule has 0 aliphatic carbocycles. The lowest BCUT2D eigenvalue weighted by atomic mass is 10.2. The zero-order chi connectivity index (χ0) is 12.1. The average molecular weight is 239 g/mol. The molecule has 1 aromatic carbocycles. The molecule has 1 amide bonds. The summed E-state index contributed by atoms with van der Waals surface area (Å²) in [5.41, 5.74) is 9.18. The van der Waals surface area contributed by atoms with E-state index in [-0.39, 0.29) is 11.8 Å². The molecule has 0 fully saturated rings. The molecule has 0 aromatic heterocycles. The van der Waals surface area contributed by atoms with E-state index in [1.54, 1.807) is 26.0 Å². The molecule has 0 radical (unpaired) electrons. The third kappa shape index (κ3) is 3.15. The number of rotatable bonds is 3. The molecule has 0 bridgehead atoms. The van der Waals surface area contributed by atoms with Crippen LogP contribution in [0.4, 0.5) is 11.4 Å². The summed E-state index contributed by atoms with van der Waals surface area (Å²) in [5, 5.41) is 6.45. The van der Waals surface area contributed by atoms with E-state index in [2.05, 4.69) is 15.3 Å². The zero-order valence-electron chi connectivity index (χ0n) is 8.94. The van der Waals surface area contributed by atoms with E-state index in [1.807, 2.05) is 0 Å². The van der Waals surface area contributed by atoms with E-state index in [0.717, 1.165) is 0 Å². The lowest BCUT2D eigenvalue weighted by Crippen LogP contribution is -2.17. The summed E-state index contributed by atoms with van der Waals surface area (Å²) in [6.07, 6.45) is 0. The second-order valence-corrected chi connectivity index (χ2v) is 3.91. The van der Waals surface area contributed by atoms with Crippen molar-refractivity contribution in [3.05, 3.63) is 33.7 Å². The Morgan fingerprint density at radius 1 is 1.56 bits per heavy atom. The topological polar surface area (TPSA) is 77.9 Å². The van der Waals surface area contributed by atoms with Crippen LogP contribution in [-0.4, -0.2) is 5.91 Å². The number of halogens is 1. The molecule has 0 heterocycles. The van der Waals surface area contributed by atoms with E-state index >= 15 is 0 Å². The summed E-state index contributed by atoms with van der Waals surface area (Å²) < 4.78 is 0. The van der Waals surface area contributed by atoms with Gasteiger partial charge in [0.15, 0.2) is 0 Å². The van der Waals surface area contributed by atoms with Gasteiger partial charge in [-0.05, 0) is 23.7 Å². The normalized spacial score (nSPS) is 9.75. The molecule has 16 heavy (non-hydrogen) atoms. The van der Waals surface area contributed by atoms with Gasteiger partial charge in [-0.1, -0.05) is 30.6 Å². The Hall–Kier alpha value is -1.71. The molecule has 0 aliphatic heterocycles. The summed E-state index contributed by atoms with van der Waals surface area (Å²) in [4.78, 5) is 14.1. The Morgan fingerprint density at radius 3 is 2.81 bits per heavy atom. The summed E-state index contributed by atoms with van der Waals surface area (Å²) in [6.45, 7) is 3.58. The predicted octanol–water partition coefficient (Wildman–Crippen LogP) is 3.88. The van der Waals surface area contributed by atoms with Crippen LogP contribution in [0.5, 0.6) is 0 Å². The predicted molar refractivity (Wildman–Crippen MR) is 63.7 cm³/mol. The summed E-state index contributed by atoms with van der Waals surface area (Å²) in [5.74, 6) is -0.215. The van der Waals surface area contributed by atoms with Crippen LogP contribution in [-0.2, 0) is 4.79 Å². The molecule has 84 valence electrons. The number of azide groups is 1. The first kappa shape index (κ1) is 12.4. The second-order valence-electron chi connectivity index (χ2n) is 3.50. The minimum Gasteiger partial charge on any atom is -0.326 e. The number of benzene rings is 1. The Morgan fingerprint density at radius 2 is 2.25 bits per heavy atom. The van der Waals surface area contributed by atoms with Crippen molar-refractivity contribution in [1.29, 1.82) is 0 Å². The van der Waals surface area contributed by atoms with Crippen LogP contribution in [0.1, 0.15) is 13.8 Å². The molecule has 5 nitrogen and oxygen atoms in total. The molecule has 1 rings (SSSR count). The van der Waals surface area contributed by atoms with Crippen molar-refractivity contribution in [2.45, 2.75) is 13.8 Å². The zero-order valence-corrected chi connectivity index (χ0v) is 9.69. The van der Waals surface area contributed by atoms with Crippen molar-refractivity contribution < 1.29 is 4.79 Å². The molecule has 0 saturated heterocycles. The van der Waals surface area contributed by atoms with Gasteiger partial charge < -0.3 is 5.32 Å². The molecule has 1 aromatic rings. The van der Waals surface area contributed by atoms with Crippen molar-refractivity contribution in [2.24, 2.45) is 11.0 Å². The standard InChI is InChI=1S/C10H11ClN4O/c1-6(2)10(16)13-7-3-4-8(11)9(5-7)14-15-12/h3-6H,1-2H3,(H,13,16). The Labute approximate surface area is 98.0 Å². The Bertz CT molecular complexity index is 452. The van der Waals surface area contributed by atoms with Crippen molar-refractivity contribution in [1.82, 2.24) is 0 Å². The van der Waals surface area contributed by atoms with Crippen LogP contribution in [0, 0.1) is 5.92 Å². The molecule has 0 saturated carbocycles. The number of carbonyl (C=O) groups is 1. The number of nitrogens with zero attached hydrogens (tertiary/aromatic N) is 3. The molecule has 0 spiro atoms. The van der Waals surface area contributed by atoms with Crippen molar-refractivity contribution in [3.63, 3.8) is 0 Å². The van der Waals surface area contributed by atoms with E-state index in [4.69, 9.17) is 17.1 Å². The first-order chi connectivity index (χ1) is 7.54. The number of hydrogen-bond donors (Lipinski definition) is 1. The number of anilines is 1. The van der Waals surface area contributed by atoms with Crippen LogP contribution in [0.2, 0.25) is 5.02 Å². The molecule has 6 heteroatoms. The SMILES string of the molecule is CC(C)C(=O)Nc1ccc(Cl)c(N=[N+]=[N-])c1. The van der Waals surface area contributed by atoms with Gasteiger partial charge in [0.1, 0.15) is 0 Å². The van der Waals surface area contributed by atoms with Crippen LogP contribution in [0.25, 0.3) is 10.4 Å². The van der Waals surface area contributed by atoms with Crippen molar-refractivity contribution in [3.8, 4) is 0 Å². The number of carbonyl (C=O) groups excluding carboxylic acids is 1. The third-order valence-electron chi connectivity index (χ3n) is 1.89. The maximum Gasteiger partial charge on any atom is 0.226 e. The monoisotopic (exact) mass is 238 g/mol. The van der Waals surface area contributed by atoms with Gasteiger partial charge in [-0.15, -0.1) is 0 Å². The highest BCUT2D eigenvalue weighted by atomic mass is 35.5. The highest BCUT2D eigenvalue weighted by Gasteiger charge is 2.08. The molecule has 0 unspecified atom stereocenters. The molecule has 0 atom stereocenters. The Balaban J connectivity index is 2.95. The largest absolute Gasteiger partial charge is 0.326 e. The summed E-state index contributed by atoms with van der Waals surface area (Å²) >= 11 is 5.80. The van der Waals surface area contributed by atoms with Gasteiger partial charge in [-0.3, -0.25) is 4.79 Å². The lowest BCUT2D eigenvalue weighted by Gasteiger charge is -2.08. The van der Waals surface area contributed by atoms with Gasteiger partial charge in [0.25, 0.3) is 0 Å². The van der Waals surface area contributed by atoms with Crippen molar-refractivity contribution in [2.75, 3.05) is 5.32 Å². The minimum absolute atomic E-state index is 0.103. The van der Waals surface area contributed by atoms with Gasteiger partial charge in [0.2, 0.25) is 5.91 Å². The Kier molecular flexibility index (Phi) is 4.17. The fourth-order valence-electron chi connectivity index (χ4n) is 1.00. The number of hydrogen-bond acceptors (Lipinski definition) is 2. The van der Waals surface area contributed by atoms with E-state index in [9.17, 15) is 4.79 Å². The van der Waals surface area contributed by atoms with Crippen molar-refractivity contribution >= 4 is 28.9 Å². The van der Waals surface area contributed by atoms with Crippen LogP contribution < -0.4 is 5.32 Å². The minimum atomic E-state index is -0.112. The third-order valence-corrected chi connectivity index (χ3v) is 2.21. The maximum absolute atomic E-state index is 11.4. The molecule has 1 N–H and O–H groups in total. The quantitative estimate of drug-likeness (QED) is 0.484. The van der Waals surface area contributed by atoms with Gasteiger partial charge in [-0.2, -0.15) is 0 Å². The maximum atomic E-state index is 11.4. The molecular formula is C10H11ClN4O. The van der Waals surface area contributed by atoms with E-state index in [0.29, 0.717) is 16.4 Å². The number of nitrogens with one attached hydrogen (secondary N) is 1. The van der Waals surface area contributed by atoms with Gasteiger partial charge in [0.05, 0.1) is 10.7 Å². The summed E-state index contributed by atoms with van der Waals surface area (Å²) in [6, 6.07) is 4.75.